The maximum Gasteiger partial charge on any atom is 0.243 e. The average molecular weight is 416 g/mol. The molecule has 1 amide bonds. The van der Waals surface area contributed by atoms with Gasteiger partial charge in [0.1, 0.15) is 0 Å². The van der Waals surface area contributed by atoms with Crippen LogP contribution >= 0.6 is 15.9 Å². The van der Waals surface area contributed by atoms with E-state index in [-0.39, 0.29) is 29.3 Å². The summed E-state index contributed by atoms with van der Waals surface area (Å²) in [5.74, 6) is -0.163. The number of piperazine rings is 1. The molecule has 6 nitrogen and oxygen atoms in total. The Kier molecular flexibility index (Phi) is 5.29. The van der Waals surface area contributed by atoms with Crippen LogP contribution in [0.5, 0.6) is 0 Å². The molecule has 0 radical (unpaired) electrons. The Morgan fingerprint density at radius 3 is 2.83 bits per heavy atom. The summed E-state index contributed by atoms with van der Waals surface area (Å²) in [6.07, 6.45) is 0.586. The monoisotopic (exact) mass is 415 g/mol. The fourth-order valence-electron chi connectivity index (χ4n) is 3.33. The third-order valence-corrected chi connectivity index (χ3v) is 7.07. The van der Waals surface area contributed by atoms with Crippen LogP contribution in [-0.2, 0) is 14.8 Å². The molecule has 1 N–H and O–H groups in total. The highest BCUT2D eigenvalue weighted by Gasteiger charge is 2.38. The van der Waals surface area contributed by atoms with Crippen molar-refractivity contribution in [3.63, 3.8) is 0 Å². The molecule has 2 atom stereocenters. The zero-order valence-corrected chi connectivity index (χ0v) is 16.0. The van der Waals surface area contributed by atoms with Gasteiger partial charge in [-0.2, -0.15) is 4.31 Å². The van der Waals surface area contributed by atoms with E-state index in [9.17, 15) is 13.2 Å². The highest BCUT2D eigenvalue weighted by Crippen LogP contribution is 2.27. The van der Waals surface area contributed by atoms with Crippen LogP contribution in [0.25, 0.3) is 0 Å². The van der Waals surface area contributed by atoms with Crippen LogP contribution in [-0.4, -0.2) is 62.3 Å². The summed E-state index contributed by atoms with van der Waals surface area (Å²) in [5.41, 5.74) is 0. The number of hydrogen-bond acceptors (Lipinski definition) is 4. The molecule has 0 bridgehead atoms. The number of nitrogens with one attached hydrogen (secondary N) is 1. The first-order valence-corrected chi connectivity index (χ1v) is 10.4. The second-order valence-electron chi connectivity index (χ2n) is 6.39. The van der Waals surface area contributed by atoms with Gasteiger partial charge in [0, 0.05) is 43.2 Å². The van der Waals surface area contributed by atoms with E-state index in [0.717, 1.165) is 17.6 Å². The number of carbonyl (C=O) groups excluding carboxylic acids is 1. The molecular weight excluding hydrogens is 394 g/mol. The first-order chi connectivity index (χ1) is 11.4. The van der Waals surface area contributed by atoms with Crippen LogP contribution in [0.3, 0.4) is 0 Å². The molecule has 2 heterocycles. The van der Waals surface area contributed by atoms with Crippen molar-refractivity contribution in [1.82, 2.24) is 14.5 Å². The van der Waals surface area contributed by atoms with E-state index in [1.165, 1.54) is 4.31 Å². The van der Waals surface area contributed by atoms with Gasteiger partial charge in [-0.1, -0.05) is 22.0 Å². The van der Waals surface area contributed by atoms with Crippen molar-refractivity contribution < 1.29 is 13.2 Å². The van der Waals surface area contributed by atoms with E-state index >= 15 is 0 Å². The second-order valence-corrected chi connectivity index (χ2v) is 9.24. The lowest BCUT2D eigenvalue weighted by Gasteiger charge is -2.35. The van der Waals surface area contributed by atoms with Crippen molar-refractivity contribution in [2.75, 3.05) is 32.7 Å². The molecule has 1 aromatic carbocycles. The van der Waals surface area contributed by atoms with Crippen LogP contribution in [0, 0.1) is 5.92 Å². The van der Waals surface area contributed by atoms with Gasteiger partial charge in [-0.3, -0.25) is 4.79 Å². The minimum Gasteiger partial charge on any atom is -0.337 e. The molecule has 2 saturated heterocycles. The number of amides is 1. The number of sulfonamides is 1. The number of benzene rings is 1. The van der Waals surface area contributed by atoms with Crippen LogP contribution in [0.2, 0.25) is 0 Å². The van der Waals surface area contributed by atoms with Gasteiger partial charge in [-0.15, -0.1) is 0 Å². The lowest BCUT2D eigenvalue weighted by molar-refractivity contribution is -0.137. The predicted octanol–water partition coefficient (Wildman–Crippen LogP) is 1.28. The van der Waals surface area contributed by atoms with Gasteiger partial charge in [-0.05, 0) is 31.5 Å². The molecule has 0 spiro atoms. The summed E-state index contributed by atoms with van der Waals surface area (Å²) >= 11 is 3.31. The third kappa shape index (κ3) is 3.51. The Balaban J connectivity index is 1.71. The third-order valence-electron chi connectivity index (χ3n) is 4.72. The molecule has 0 aromatic heterocycles. The standard InChI is InChI=1S/C16H22BrN3O3S/c1-12-10-18-6-8-20(12)16(21)13-5-7-19(11-13)24(22,23)15-4-2-3-14(17)9-15/h2-4,9,12-13,18H,5-8,10-11H2,1H3/t12-,13?/m0/s1. The lowest BCUT2D eigenvalue weighted by Crippen LogP contribution is -2.54. The number of carbonyl (C=O) groups is 1. The minimum absolute atomic E-state index is 0.0796. The van der Waals surface area contributed by atoms with E-state index in [1.807, 2.05) is 11.8 Å². The number of halogens is 1. The molecule has 3 rings (SSSR count). The Bertz CT molecular complexity index is 725. The summed E-state index contributed by atoms with van der Waals surface area (Å²) in [6, 6.07) is 6.84. The van der Waals surface area contributed by atoms with E-state index < -0.39 is 10.0 Å². The van der Waals surface area contributed by atoms with Gasteiger partial charge in [0.25, 0.3) is 0 Å². The highest BCUT2D eigenvalue weighted by molar-refractivity contribution is 9.10. The molecule has 24 heavy (non-hydrogen) atoms. The maximum absolute atomic E-state index is 12.8. The first-order valence-electron chi connectivity index (χ1n) is 8.16. The molecule has 8 heteroatoms. The zero-order valence-electron chi connectivity index (χ0n) is 13.6. The Hall–Kier alpha value is -0.960. The molecule has 132 valence electrons. The molecule has 0 aliphatic carbocycles. The fourth-order valence-corrected chi connectivity index (χ4v) is 5.42. The van der Waals surface area contributed by atoms with Crippen LogP contribution < -0.4 is 5.32 Å². The summed E-state index contributed by atoms with van der Waals surface area (Å²) in [6.45, 7) is 4.96. The van der Waals surface area contributed by atoms with Gasteiger partial charge in [0.05, 0.1) is 10.8 Å². The van der Waals surface area contributed by atoms with Crippen molar-refractivity contribution in [3.8, 4) is 0 Å². The van der Waals surface area contributed by atoms with E-state index in [2.05, 4.69) is 21.2 Å². The topological polar surface area (TPSA) is 69.7 Å². The zero-order chi connectivity index (χ0) is 17.3. The van der Waals surface area contributed by atoms with Gasteiger partial charge < -0.3 is 10.2 Å². The largest absolute Gasteiger partial charge is 0.337 e. The van der Waals surface area contributed by atoms with Gasteiger partial charge in [0.2, 0.25) is 15.9 Å². The lowest BCUT2D eigenvalue weighted by atomic mass is 10.1. The smallest absolute Gasteiger partial charge is 0.243 e. The molecule has 1 unspecified atom stereocenters. The SMILES string of the molecule is C[C@H]1CNCCN1C(=O)C1CCN(S(=O)(=O)c2cccc(Br)c2)C1. The average Bonchev–Trinajstić information content (AvgIpc) is 3.05. The molecule has 2 fully saturated rings. The number of rotatable bonds is 3. The van der Waals surface area contributed by atoms with Crippen LogP contribution in [0.15, 0.2) is 33.6 Å². The Morgan fingerprint density at radius 1 is 1.33 bits per heavy atom. The molecule has 2 aliphatic heterocycles. The van der Waals surface area contributed by atoms with Gasteiger partial charge >= 0.3 is 0 Å². The molecule has 0 saturated carbocycles. The van der Waals surface area contributed by atoms with E-state index in [1.54, 1.807) is 24.3 Å². The van der Waals surface area contributed by atoms with Gasteiger partial charge in [0.15, 0.2) is 0 Å². The van der Waals surface area contributed by atoms with Crippen molar-refractivity contribution in [3.05, 3.63) is 28.7 Å². The molecule has 1 aromatic rings. The fraction of sp³-hybridized carbons (Fsp3) is 0.562. The number of nitrogens with zero attached hydrogens (tertiary/aromatic N) is 2. The molecular formula is C16H22BrN3O3S. The van der Waals surface area contributed by atoms with Gasteiger partial charge in [-0.25, -0.2) is 8.42 Å². The van der Waals surface area contributed by atoms with Crippen molar-refractivity contribution in [2.45, 2.75) is 24.3 Å². The quantitative estimate of drug-likeness (QED) is 0.806. The molecule has 2 aliphatic rings. The summed E-state index contributed by atoms with van der Waals surface area (Å²) in [7, 11) is -3.55. The Labute approximate surface area is 151 Å². The van der Waals surface area contributed by atoms with E-state index in [4.69, 9.17) is 0 Å². The summed E-state index contributed by atoms with van der Waals surface area (Å²) < 4.78 is 27.7. The Morgan fingerprint density at radius 2 is 2.12 bits per heavy atom. The van der Waals surface area contributed by atoms with Crippen LogP contribution in [0.1, 0.15) is 13.3 Å². The van der Waals surface area contributed by atoms with Crippen LogP contribution in [0.4, 0.5) is 0 Å². The summed E-state index contributed by atoms with van der Waals surface area (Å²) in [4.78, 5) is 14.9. The summed E-state index contributed by atoms with van der Waals surface area (Å²) in [5, 5.41) is 3.27. The first kappa shape index (κ1) is 17.8. The van der Waals surface area contributed by atoms with E-state index in [0.29, 0.717) is 19.5 Å². The second kappa shape index (κ2) is 7.11. The normalized spacial score (nSPS) is 25.8. The van der Waals surface area contributed by atoms with Crippen molar-refractivity contribution >= 4 is 31.9 Å². The van der Waals surface area contributed by atoms with Crippen molar-refractivity contribution in [2.24, 2.45) is 5.92 Å². The highest BCUT2D eigenvalue weighted by atomic mass is 79.9. The maximum atomic E-state index is 12.8. The van der Waals surface area contributed by atoms with Crippen molar-refractivity contribution in [1.29, 1.82) is 0 Å². The predicted molar refractivity (Wildman–Crippen MR) is 95.1 cm³/mol. The number of hydrogen-bond donors (Lipinski definition) is 1. The minimum atomic E-state index is -3.55.